The highest BCUT2D eigenvalue weighted by molar-refractivity contribution is 6.06. The van der Waals surface area contributed by atoms with Gasteiger partial charge in [0.05, 0.1) is 11.5 Å². The number of Topliss-reactive ketones (excluding diaryl/α,β-unsaturated/α-hetero) is 1. The first kappa shape index (κ1) is 22.9. The van der Waals surface area contributed by atoms with Gasteiger partial charge in [-0.3, -0.25) is 4.79 Å². The molecule has 0 aromatic heterocycles. The minimum absolute atomic E-state index is 0.0101. The maximum Gasteiger partial charge on any atom is 0.175 e. The minimum Gasteiger partial charge on any atom is -0.365 e. The Kier molecular flexibility index (Phi) is 6.02. The maximum absolute atomic E-state index is 14.2. The zero-order valence-corrected chi connectivity index (χ0v) is 20.5. The number of benzene rings is 2. The van der Waals surface area contributed by atoms with Crippen molar-refractivity contribution >= 4 is 11.9 Å². The van der Waals surface area contributed by atoms with Gasteiger partial charge in [-0.15, -0.1) is 0 Å². The first-order chi connectivity index (χ1) is 17.1. The molecule has 0 unspecified atom stereocenters. The first-order valence-electron chi connectivity index (χ1n) is 13.5. The van der Waals surface area contributed by atoms with Gasteiger partial charge >= 0.3 is 0 Å². The number of ketones is 1. The zero-order chi connectivity index (χ0) is 23.9. The topological polar surface area (TPSA) is 46.5 Å². The Balaban J connectivity index is 1.40. The van der Waals surface area contributed by atoms with Crippen molar-refractivity contribution in [3.63, 3.8) is 0 Å². The van der Waals surface area contributed by atoms with Crippen LogP contribution in [-0.2, 0) is 9.53 Å². The molecule has 2 aromatic rings. The Hall–Kier alpha value is -2.49. The second kappa shape index (κ2) is 9.19. The highest BCUT2D eigenvalue weighted by atomic mass is 16.6. The summed E-state index contributed by atoms with van der Waals surface area (Å²) >= 11 is 0. The number of rotatable bonds is 3. The lowest BCUT2D eigenvalue weighted by Gasteiger charge is -2.56. The van der Waals surface area contributed by atoms with E-state index in [4.69, 9.17) is 4.74 Å². The minimum atomic E-state index is -1.20. The summed E-state index contributed by atoms with van der Waals surface area (Å²) in [6, 6.07) is 20.3. The van der Waals surface area contributed by atoms with E-state index < -0.39 is 17.3 Å². The van der Waals surface area contributed by atoms with E-state index in [1.807, 2.05) is 36.4 Å². The number of hydrogen-bond donors (Lipinski definition) is 1. The molecule has 5 atom stereocenters. The van der Waals surface area contributed by atoms with Gasteiger partial charge in [0.2, 0.25) is 0 Å². The third kappa shape index (κ3) is 3.93. The van der Waals surface area contributed by atoms with Crippen molar-refractivity contribution in [2.24, 2.45) is 17.3 Å². The first-order valence-corrected chi connectivity index (χ1v) is 13.5. The fourth-order valence-corrected chi connectivity index (χ4v) is 7.42. The number of aliphatic hydroxyl groups is 1. The normalized spacial score (nSPS) is 36.3. The molecule has 1 N–H and O–H groups in total. The monoisotopic (exact) mass is 468 g/mol. The molecule has 35 heavy (non-hydrogen) atoms. The van der Waals surface area contributed by atoms with Crippen molar-refractivity contribution in [1.82, 2.24) is 0 Å². The summed E-state index contributed by atoms with van der Waals surface area (Å²) in [6.45, 7) is 0. The molecule has 4 aliphatic rings. The molecule has 2 saturated carbocycles. The van der Waals surface area contributed by atoms with Gasteiger partial charge in [0, 0.05) is 11.8 Å². The average Bonchev–Trinajstić information content (AvgIpc) is 3.20. The standard InChI is InChI=1S/C32H36O3/c33-29-26(21-23-11-4-1-5-12-23)19-20-31(29)22-27-17-10-18-28(24-13-6-2-7-14-24)32(27,34)35-30(31)25-15-8-3-9-16-25/h1,3-5,8-9,11-13,15-16,21,27-28,30,34H,2,6-7,10,14,17-20,22H2/b26-21+/t27-,28-,30-,31-,32-/m1/s1. The van der Waals surface area contributed by atoms with Crippen molar-refractivity contribution in [3.05, 3.63) is 89.0 Å². The van der Waals surface area contributed by atoms with Crippen LogP contribution in [-0.4, -0.2) is 16.7 Å². The largest absolute Gasteiger partial charge is 0.365 e. The van der Waals surface area contributed by atoms with E-state index in [1.54, 1.807) is 0 Å². The van der Waals surface area contributed by atoms with Crippen molar-refractivity contribution < 1.29 is 14.6 Å². The smallest absolute Gasteiger partial charge is 0.175 e. The summed E-state index contributed by atoms with van der Waals surface area (Å²) < 4.78 is 6.90. The highest BCUT2D eigenvalue weighted by Crippen LogP contribution is 2.62. The molecular weight excluding hydrogens is 432 g/mol. The van der Waals surface area contributed by atoms with Gasteiger partial charge < -0.3 is 9.84 Å². The Labute approximate surface area is 208 Å². The van der Waals surface area contributed by atoms with Gasteiger partial charge in [-0.2, -0.15) is 0 Å². The van der Waals surface area contributed by atoms with Crippen LogP contribution in [0, 0.1) is 17.3 Å². The summed E-state index contributed by atoms with van der Waals surface area (Å²) in [7, 11) is 0. The Morgan fingerprint density at radius 2 is 1.69 bits per heavy atom. The zero-order valence-electron chi connectivity index (χ0n) is 20.5. The second-order valence-corrected chi connectivity index (χ2v) is 11.1. The molecule has 1 spiro atoms. The van der Waals surface area contributed by atoms with E-state index in [-0.39, 0.29) is 17.6 Å². The van der Waals surface area contributed by atoms with E-state index in [0.717, 1.165) is 61.6 Å². The summed E-state index contributed by atoms with van der Waals surface area (Å²) in [4.78, 5) is 14.2. The Morgan fingerprint density at radius 1 is 0.914 bits per heavy atom. The van der Waals surface area contributed by atoms with Crippen molar-refractivity contribution in [2.75, 3.05) is 0 Å². The van der Waals surface area contributed by atoms with Crippen LogP contribution in [0.5, 0.6) is 0 Å². The summed E-state index contributed by atoms with van der Waals surface area (Å²) in [6.07, 6.45) is 13.8. The van der Waals surface area contributed by atoms with Crippen molar-refractivity contribution in [1.29, 1.82) is 0 Å². The molecule has 182 valence electrons. The van der Waals surface area contributed by atoms with Crippen LogP contribution < -0.4 is 0 Å². The Bertz CT molecular complexity index is 1130. The van der Waals surface area contributed by atoms with E-state index >= 15 is 0 Å². The molecule has 3 nitrogen and oxygen atoms in total. The van der Waals surface area contributed by atoms with E-state index in [1.165, 1.54) is 18.4 Å². The number of ether oxygens (including phenoxy) is 1. The fraction of sp³-hybridized carbons (Fsp3) is 0.469. The van der Waals surface area contributed by atoms with Crippen LogP contribution in [0.25, 0.3) is 6.08 Å². The summed E-state index contributed by atoms with van der Waals surface area (Å²) in [5, 5.41) is 12.3. The molecule has 0 bridgehead atoms. The van der Waals surface area contributed by atoms with Crippen molar-refractivity contribution in [2.45, 2.75) is 76.1 Å². The molecule has 3 heteroatoms. The molecule has 1 saturated heterocycles. The average molecular weight is 469 g/mol. The maximum atomic E-state index is 14.2. The van der Waals surface area contributed by atoms with E-state index in [0.29, 0.717) is 6.42 Å². The molecule has 0 amide bonds. The van der Waals surface area contributed by atoms with Crippen molar-refractivity contribution in [3.8, 4) is 0 Å². The molecule has 2 aromatic carbocycles. The molecule has 3 aliphatic carbocycles. The van der Waals surface area contributed by atoms with E-state index in [2.05, 4.69) is 36.4 Å². The molecule has 0 radical (unpaired) electrons. The third-order valence-corrected chi connectivity index (χ3v) is 9.15. The quantitative estimate of drug-likeness (QED) is 0.383. The van der Waals surface area contributed by atoms with Crippen LogP contribution in [0.1, 0.15) is 81.4 Å². The lowest BCUT2D eigenvalue weighted by atomic mass is 9.60. The molecular formula is C32H36O3. The predicted molar refractivity (Wildman–Crippen MR) is 138 cm³/mol. The molecule has 1 aliphatic heterocycles. The fourth-order valence-electron chi connectivity index (χ4n) is 7.42. The Morgan fingerprint density at radius 3 is 2.43 bits per heavy atom. The lowest BCUT2D eigenvalue weighted by molar-refractivity contribution is -0.340. The predicted octanol–water partition coefficient (Wildman–Crippen LogP) is 7.19. The van der Waals surface area contributed by atoms with Crippen LogP contribution >= 0.6 is 0 Å². The number of fused-ring (bicyclic) bond motifs is 1. The van der Waals surface area contributed by atoms with Gasteiger partial charge in [0.15, 0.2) is 11.6 Å². The van der Waals surface area contributed by atoms with E-state index in [9.17, 15) is 9.90 Å². The second-order valence-electron chi connectivity index (χ2n) is 11.1. The SMILES string of the molecule is O=C1/C(=C/c2ccccc2)CC[C@@]12C[C@H]1CCC[C@H](C3=CCCCC3)[C@]1(O)O[C@@H]2c1ccccc1. The summed E-state index contributed by atoms with van der Waals surface area (Å²) in [5.74, 6) is -0.944. The number of hydrogen-bond acceptors (Lipinski definition) is 3. The summed E-state index contributed by atoms with van der Waals surface area (Å²) in [5.41, 5.74) is 3.75. The third-order valence-electron chi connectivity index (χ3n) is 9.15. The molecule has 3 fully saturated rings. The lowest BCUT2D eigenvalue weighted by Crippen LogP contribution is -2.59. The molecule has 6 rings (SSSR count). The van der Waals surface area contributed by atoms with Gasteiger partial charge in [0.25, 0.3) is 0 Å². The highest BCUT2D eigenvalue weighted by Gasteiger charge is 2.63. The van der Waals surface area contributed by atoms with Crippen LogP contribution in [0.15, 0.2) is 77.9 Å². The van der Waals surface area contributed by atoms with Crippen LogP contribution in [0.4, 0.5) is 0 Å². The van der Waals surface area contributed by atoms with Crippen LogP contribution in [0.2, 0.25) is 0 Å². The number of carbonyl (C=O) groups excluding carboxylic acids is 1. The van der Waals surface area contributed by atoms with Crippen LogP contribution in [0.3, 0.4) is 0 Å². The van der Waals surface area contributed by atoms with Gasteiger partial charge in [-0.05, 0) is 80.6 Å². The molecule has 1 heterocycles. The van der Waals surface area contributed by atoms with Gasteiger partial charge in [-0.25, -0.2) is 0 Å². The number of allylic oxidation sites excluding steroid dienone is 2. The number of carbonyl (C=O) groups is 1. The van der Waals surface area contributed by atoms with Gasteiger partial charge in [0.1, 0.15) is 0 Å². The van der Waals surface area contributed by atoms with Gasteiger partial charge in [-0.1, -0.05) is 78.7 Å².